The lowest BCUT2D eigenvalue weighted by atomic mass is 10.2. The molecule has 0 unspecified atom stereocenters. The largest absolute Gasteiger partial charge is 0.398 e. The van der Waals surface area contributed by atoms with Gasteiger partial charge in [0.05, 0.1) is 10.7 Å². The van der Waals surface area contributed by atoms with Crippen LogP contribution in [0.15, 0.2) is 36.4 Å². The number of benzene rings is 2. The second-order valence-corrected chi connectivity index (χ2v) is 5.01. The Morgan fingerprint density at radius 2 is 2.00 bits per heavy atom. The molecule has 2 aromatic carbocycles. The number of nitrogens with two attached hydrogens (primary N) is 1. The molecular weight excluding hydrogens is 293 g/mol. The Bertz CT molecular complexity index is 815. The Morgan fingerprint density at radius 3 is 2.71 bits per heavy atom. The van der Waals surface area contributed by atoms with Gasteiger partial charge in [0, 0.05) is 5.56 Å². The number of nitrogens with zero attached hydrogens (tertiary/aromatic N) is 4. The number of anilines is 1. The molecule has 0 aliphatic rings. The van der Waals surface area contributed by atoms with Gasteiger partial charge in [-0.25, -0.2) is 4.39 Å². The van der Waals surface area contributed by atoms with E-state index in [9.17, 15) is 4.39 Å². The summed E-state index contributed by atoms with van der Waals surface area (Å²) in [7, 11) is 0. The normalized spacial score (nSPS) is 10.8. The van der Waals surface area contributed by atoms with E-state index < -0.39 is 5.82 Å². The van der Waals surface area contributed by atoms with E-state index in [2.05, 4.69) is 15.5 Å². The molecule has 0 spiro atoms. The predicted molar refractivity (Wildman–Crippen MR) is 78.7 cm³/mol. The maximum Gasteiger partial charge on any atom is 0.187 e. The van der Waals surface area contributed by atoms with Gasteiger partial charge in [-0.15, -0.1) is 5.10 Å². The number of nitrogen functional groups attached to an aromatic ring is 1. The number of hydrogen-bond donors (Lipinski definition) is 1. The van der Waals surface area contributed by atoms with Crippen LogP contribution in [0, 0.1) is 12.7 Å². The highest BCUT2D eigenvalue weighted by atomic mass is 35.5. The molecule has 7 heteroatoms. The van der Waals surface area contributed by atoms with Gasteiger partial charge in [0.25, 0.3) is 0 Å². The molecule has 0 radical (unpaired) electrons. The van der Waals surface area contributed by atoms with Crippen molar-refractivity contribution in [3.05, 3.63) is 52.8 Å². The lowest BCUT2D eigenvalue weighted by Crippen LogP contribution is -2.03. The van der Waals surface area contributed by atoms with Crippen LogP contribution in [0.4, 0.5) is 10.1 Å². The van der Waals surface area contributed by atoms with Gasteiger partial charge >= 0.3 is 0 Å². The summed E-state index contributed by atoms with van der Waals surface area (Å²) >= 11 is 6.00. The molecule has 106 valence electrons. The van der Waals surface area contributed by atoms with Crippen LogP contribution in [0.1, 0.15) is 5.56 Å². The fourth-order valence-electron chi connectivity index (χ4n) is 1.98. The Kier molecular flexibility index (Phi) is 3.31. The minimum Gasteiger partial charge on any atom is -0.398 e. The summed E-state index contributed by atoms with van der Waals surface area (Å²) in [5.41, 5.74) is 7.89. The maximum atomic E-state index is 14.1. The highest BCUT2D eigenvalue weighted by molar-refractivity contribution is 6.33. The minimum absolute atomic E-state index is 0.272. The molecule has 0 bridgehead atoms. The van der Waals surface area contributed by atoms with Crippen LogP contribution in [0.2, 0.25) is 5.02 Å². The molecule has 0 amide bonds. The first-order chi connectivity index (χ1) is 10.1. The van der Waals surface area contributed by atoms with Crippen molar-refractivity contribution in [2.75, 3.05) is 5.73 Å². The average Bonchev–Trinajstić information content (AvgIpc) is 2.91. The van der Waals surface area contributed by atoms with Crippen molar-refractivity contribution in [3.63, 3.8) is 0 Å². The van der Waals surface area contributed by atoms with Crippen LogP contribution >= 0.6 is 11.6 Å². The van der Waals surface area contributed by atoms with Crippen LogP contribution in [0.25, 0.3) is 17.1 Å². The first-order valence-electron chi connectivity index (χ1n) is 6.16. The summed E-state index contributed by atoms with van der Waals surface area (Å²) in [5.74, 6) is -0.00950. The number of tetrazole rings is 1. The molecule has 3 rings (SSSR count). The van der Waals surface area contributed by atoms with Crippen molar-refractivity contribution in [3.8, 4) is 17.1 Å². The summed E-state index contributed by atoms with van der Waals surface area (Å²) in [6.07, 6.45) is 0. The summed E-state index contributed by atoms with van der Waals surface area (Å²) in [5, 5.41) is 11.8. The summed E-state index contributed by atoms with van der Waals surface area (Å²) in [6, 6.07) is 9.88. The Morgan fingerprint density at radius 1 is 1.19 bits per heavy atom. The fourth-order valence-corrected chi connectivity index (χ4v) is 2.16. The zero-order chi connectivity index (χ0) is 15.0. The molecule has 0 aliphatic heterocycles. The van der Waals surface area contributed by atoms with E-state index in [0.29, 0.717) is 22.1 Å². The first kappa shape index (κ1) is 13.5. The van der Waals surface area contributed by atoms with Gasteiger partial charge in [0.2, 0.25) is 0 Å². The Balaban J connectivity index is 2.14. The Labute approximate surface area is 125 Å². The highest BCUT2D eigenvalue weighted by Gasteiger charge is 2.15. The Hall–Kier alpha value is -2.47. The number of aryl methyl sites for hydroxylation is 1. The van der Waals surface area contributed by atoms with Crippen LogP contribution < -0.4 is 5.73 Å². The SMILES string of the molecule is Cc1ccc(-n2nnnc2-c2ccc(N)c(Cl)c2)c(F)c1. The number of rotatable bonds is 2. The molecule has 1 heterocycles. The topological polar surface area (TPSA) is 69.6 Å². The lowest BCUT2D eigenvalue weighted by Gasteiger charge is -2.07. The molecule has 0 saturated carbocycles. The third-order valence-electron chi connectivity index (χ3n) is 3.06. The van der Waals surface area contributed by atoms with Crippen LogP contribution in [-0.4, -0.2) is 20.2 Å². The average molecular weight is 304 g/mol. The third kappa shape index (κ3) is 2.45. The number of halogens is 2. The summed E-state index contributed by atoms with van der Waals surface area (Å²) in [4.78, 5) is 0. The number of aromatic nitrogens is 4. The molecule has 0 aliphatic carbocycles. The molecule has 5 nitrogen and oxygen atoms in total. The third-order valence-corrected chi connectivity index (χ3v) is 3.39. The molecule has 1 aromatic heterocycles. The van der Waals surface area contributed by atoms with Crippen LogP contribution in [-0.2, 0) is 0 Å². The van der Waals surface area contributed by atoms with E-state index in [1.54, 1.807) is 30.3 Å². The van der Waals surface area contributed by atoms with Crippen molar-refractivity contribution >= 4 is 17.3 Å². The van der Waals surface area contributed by atoms with Crippen molar-refractivity contribution in [2.24, 2.45) is 0 Å². The molecule has 21 heavy (non-hydrogen) atoms. The molecule has 3 aromatic rings. The molecule has 2 N–H and O–H groups in total. The van der Waals surface area contributed by atoms with E-state index in [1.807, 2.05) is 6.92 Å². The maximum absolute atomic E-state index is 14.1. The monoisotopic (exact) mass is 303 g/mol. The van der Waals surface area contributed by atoms with E-state index in [4.69, 9.17) is 17.3 Å². The summed E-state index contributed by atoms with van der Waals surface area (Å²) < 4.78 is 15.4. The van der Waals surface area contributed by atoms with Crippen LogP contribution in [0.5, 0.6) is 0 Å². The first-order valence-corrected chi connectivity index (χ1v) is 6.54. The van der Waals surface area contributed by atoms with Gasteiger partial charge < -0.3 is 5.73 Å². The van der Waals surface area contributed by atoms with E-state index in [-0.39, 0.29) is 5.69 Å². The smallest absolute Gasteiger partial charge is 0.187 e. The van der Waals surface area contributed by atoms with Crippen molar-refractivity contribution in [2.45, 2.75) is 6.92 Å². The van der Waals surface area contributed by atoms with Gasteiger partial charge in [-0.05, 0) is 53.2 Å². The van der Waals surface area contributed by atoms with Crippen molar-refractivity contribution in [1.82, 2.24) is 20.2 Å². The quantitative estimate of drug-likeness (QED) is 0.739. The fraction of sp³-hybridized carbons (Fsp3) is 0.0714. The highest BCUT2D eigenvalue weighted by Crippen LogP contribution is 2.27. The van der Waals surface area contributed by atoms with Gasteiger partial charge in [-0.2, -0.15) is 4.68 Å². The van der Waals surface area contributed by atoms with Gasteiger partial charge in [-0.3, -0.25) is 0 Å². The van der Waals surface area contributed by atoms with E-state index in [0.717, 1.165) is 5.56 Å². The van der Waals surface area contributed by atoms with Gasteiger partial charge in [-0.1, -0.05) is 17.7 Å². The van der Waals surface area contributed by atoms with Crippen LogP contribution in [0.3, 0.4) is 0 Å². The van der Waals surface area contributed by atoms with Crippen molar-refractivity contribution < 1.29 is 4.39 Å². The standard InChI is InChI=1S/C14H11ClFN5/c1-8-2-5-13(11(16)6-8)21-14(18-19-20-21)9-3-4-12(17)10(15)7-9/h2-7H,17H2,1H3. The van der Waals surface area contributed by atoms with Gasteiger partial charge in [0.1, 0.15) is 11.5 Å². The van der Waals surface area contributed by atoms with Crippen molar-refractivity contribution in [1.29, 1.82) is 0 Å². The van der Waals surface area contributed by atoms with Gasteiger partial charge in [0.15, 0.2) is 5.82 Å². The zero-order valence-corrected chi connectivity index (χ0v) is 11.8. The second kappa shape index (κ2) is 5.14. The summed E-state index contributed by atoms with van der Waals surface area (Å²) in [6.45, 7) is 1.81. The van der Waals surface area contributed by atoms with E-state index in [1.165, 1.54) is 10.7 Å². The van der Waals surface area contributed by atoms with E-state index >= 15 is 0 Å². The number of hydrogen-bond acceptors (Lipinski definition) is 4. The second-order valence-electron chi connectivity index (χ2n) is 4.61. The molecule has 0 atom stereocenters. The lowest BCUT2D eigenvalue weighted by molar-refractivity contribution is 0.606. The molecule has 0 saturated heterocycles. The molecular formula is C14H11ClFN5. The molecule has 0 fully saturated rings. The zero-order valence-electron chi connectivity index (χ0n) is 11.1. The minimum atomic E-state index is -0.398. The predicted octanol–water partition coefficient (Wildman–Crippen LogP) is 3.01.